The first kappa shape index (κ1) is 19.6. The normalized spacial score (nSPS) is 12.3. The first-order valence-corrected chi connectivity index (χ1v) is 10.8. The van der Waals surface area contributed by atoms with Crippen molar-refractivity contribution < 1.29 is 14.3 Å². The molecular weight excluding hydrogens is 384 g/mol. The monoisotopic (exact) mass is 408 g/mol. The Hall–Kier alpha value is -2.73. The van der Waals surface area contributed by atoms with Crippen LogP contribution in [-0.2, 0) is 11.2 Å². The predicted molar refractivity (Wildman–Crippen MR) is 116 cm³/mol. The maximum Gasteiger partial charge on any atom is 0.232 e. The van der Waals surface area contributed by atoms with E-state index in [1.165, 1.54) is 17.3 Å². The van der Waals surface area contributed by atoms with Gasteiger partial charge in [0.2, 0.25) is 12.7 Å². The Morgan fingerprint density at radius 2 is 1.79 bits per heavy atom. The highest BCUT2D eigenvalue weighted by molar-refractivity contribution is 7.99. The summed E-state index contributed by atoms with van der Waals surface area (Å²) in [5, 5.41) is 1.90. The summed E-state index contributed by atoms with van der Waals surface area (Å²) >= 11 is 1.51. The molecule has 4 rings (SSSR count). The Morgan fingerprint density at radius 3 is 2.52 bits per heavy atom. The van der Waals surface area contributed by atoms with Crippen molar-refractivity contribution in [3.63, 3.8) is 0 Å². The molecule has 0 fully saturated rings. The SMILES string of the molecule is CCN(CC)C(=O)CSc1nc2cc3c(cc2cc1Cc1ccccc1)OCO3. The topological polar surface area (TPSA) is 51.7 Å². The van der Waals surface area contributed by atoms with E-state index in [1.807, 2.05) is 49.1 Å². The van der Waals surface area contributed by atoms with E-state index >= 15 is 0 Å². The standard InChI is InChI=1S/C23H24N2O3S/c1-3-25(4-2)22(26)14-29-23-18(10-16-8-6-5-7-9-16)11-17-12-20-21(28-15-27-20)13-19(17)24-23/h5-9,11-13H,3-4,10,14-15H2,1-2H3. The predicted octanol–water partition coefficient (Wildman–Crippen LogP) is 4.51. The number of aromatic nitrogens is 1. The maximum absolute atomic E-state index is 12.5. The summed E-state index contributed by atoms with van der Waals surface area (Å²) in [5.74, 6) is 1.99. The molecule has 0 unspecified atom stereocenters. The highest BCUT2D eigenvalue weighted by atomic mass is 32.2. The molecule has 1 aliphatic rings. The zero-order valence-electron chi connectivity index (χ0n) is 16.7. The average molecular weight is 409 g/mol. The number of thioether (sulfide) groups is 1. The molecule has 150 valence electrons. The molecule has 3 aromatic rings. The Morgan fingerprint density at radius 1 is 1.07 bits per heavy atom. The summed E-state index contributed by atoms with van der Waals surface area (Å²) in [6.07, 6.45) is 0.764. The Labute approximate surface area is 175 Å². The van der Waals surface area contributed by atoms with Gasteiger partial charge in [-0.25, -0.2) is 4.98 Å². The van der Waals surface area contributed by atoms with Crippen LogP contribution in [0.1, 0.15) is 25.0 Å². The second kappa shape index (κ2) is 8.74. The van der Waals surface area contributed by atoms with Gasteiger partial charge in [0.1, 0.15) is 5.03 Å². The molecular formula is C23H24N2O3S. The van der Waals surface area contributed by atoms with E-state index in [-0.39, 0.29) is 12.7 Å². The molecule has 2 heterocycles. The molecule has 0 radical (unpaired) electrons. The first-order valence-electron chi connectivity index (χ1n) is 9.85. The van der Waals surface area contributed by atoms with E-state index in [4.69, 9.17) is 14.5 Å². The van der Waals surface area contributed by atoms with Crippen molar-refractivity contribution in [2.24, 2.45) is 0 Å². The Bertz CT molecular complexity index is 1020. The van der Waals surface area contributed by atoms with Crippen molar-refractivity contribution >= 4 is 28.6 Å². The van der Waals surface area contributed by atoms with Gasteiger partial charge in [-0.15, -0.1) is 0 Å². The molecule has 2 aromatic carbocycles. The second-order valence-electron chi connectivity index (χ2n) is 6.87. The van der Waals surface area contributed by atoms with Crippen molar-refractivity contribution in [3.05, 3.63) is 59.7 Å². The van der Waals surface area contributed by atoms with E-state index < -0.39 is 0 Å². The fourth-order valence-corrected chi connectivity index (χ4v) is 4.38. The zero-order valence-corrected chi connectivity index (χ0v) is 17.5. The molecule has 1 aliphatic heterocycles. The van der Waals surface area contributed by atoms with Gasteiger partial charge in [0.25, 0.3) is 0 Å². The Kier molecular flexibility index (Phi) is 5.90. The molecule has 6 heteroatoms. The lowest BCUT2D eigenvalue weighted by Gasteiger charge is -2.18. The highest BCUT2D eigenvalue weighted by Gasteiger charge is 2.18. The summed E-state index contributed by atoms with van der Waals surface area (Å²) in [4.78, 5) is 19.2. The number of fused-ring (bicyclic) bond motifs is 2. The third kappa shape index (κ3) is 4.32. The van der Waals surface area contributed by atoms with Crippen LogP contribution >= 0.6 is 11.8 Å². The van der Waals surface area contributed by atoms with Gasteiger partial charge in [0, 0.05) is 31.0 Å². The molecule has 1 aromatic heterocycles. The molecule has 0 saturated carbocycles. The number of amides is 1. The summed E-state index contributed by atoms with van der Waals surface area (Å²) in [5.41, 5.74) is 3.18. The molecule has 0 saturated heterocycles. The van der Waals surface area contributed by atoms with Crippen molar-refractivity contribution in [1.82, 2.24) is 9.88 Å². The zero-order chi connectivity index (χ0) is 20.2. The smallest absolute Gasteiger partial charge is 0.232 e. The van der Waals surface area contributed by atoms with Crippen molar-refractivity contribution in [2.75, 3.05) is 25.6 Å². The summed E-state index contributed by atoms with van der Waals surface area (Å²) in [6, 6.07) is 16.4. The number of rotatable bonds is 7. The van der Waals surface area contributed by atoms with Gasteiger partial charge in [-0.2, -0.15) is 0 Å². The number of nitrogens with zero attached hydrogens (tertiary/aromatic N) is 2. The largest absolute Gasteiger partial charge is 0.454 e. The minimum atomic E-state index is 0.137. The molecule has 0 aliphatic carbocycles. The maximum atomic E-state index is 12.5. The lowest BCUT2D eigenvalue weighted by atomic mass is 10.0. The van der Waals surface area contributed by atoms with Gasteiger partial charge in [-0.1, -0.05) is 42.1 Å². The van der Waals surface area contributed by atoms with Gasteiger partial charge in [-0.3, -0.25) is 4.79 Å². The van der Waals surface area contributed by atoms with Crippen molar-refractivity contribution in [1.29, 1.82) is 0 Å². The molecule has 0 bridgehead atoms. The number of pyridine rings is 1. The second-order valence-corrected chi connectivity index (χ2v) is 7.83. The van der Waals surface area contributed by atoms with Crippen LogP contribution in [-0.4, -0.2) is 41.4 Å². The van der Waals surface area contributed by atoms with Crippen LogP contribution in [0.2, 0.25) is 0 Å². The number of hydrogen-bond acceptors (Lipinski definition) is 5. The molecule has 29 heavy (non-hydrogen) atoms. The fraction of sp³-hybridized carbons (Fsp3) is 0.304. The summed E-state index contributed by atoms with van der Waals surface area (Å²) in [7, 11) is 0. The molecule has 0 spiro atoms. The van der Waals surface area contributed by atoms with Crippen LogP contribution in [0.5, 0.6) is 11.5 Å². The number of carbonyl (C=O) groups excluding carboxylic acids is 1. The number of carbonyl (C=O) groups is 1. The van der Waals surface area contributed by atoms with Gasteiger partial charge in [0.05, 0.1) is 11.3 Å². The van der Waals surface area contributed by atoms with Crippen LogP contribution in [0, 0.1) is 0 Å². The van der Waals surface area contributed by atoms with Crippen LogP contribution in [0.15, 0.2) is 53.6 Å². The van der Waals surface area contributed by atoms with E-state index in [1.54, 1.807) is 0 Å². The lowest BCUT2D eigenvalue weighted by Crippen LogP contribution is -2.31. The van der Waals surface area contributed by atoms with Crippen LogP contribution < -0.4 is 9.47 Å². The number of hydrogen-bond donors (Lipinski definition) is 0. The van der Waals surface area contributed by atoms with Gasteiger partial charge in [-0.05, 0) is 37.1 Å². The summed E-state index contributed by atoms with van der Waals surface area (Å²) < 4.78 is 11.0. The van der Waals surface area contributed by atoms with Crippen molar-refractivity contribution in [3.8, 4) is 11.5 Å². The first-order chi connectivity index (χ1) is 14.2. The Balaban J connectivity index is 1.68. The molecule has 5 nitrogen and oxygen atoms in total. The van der Waals surface area contributed by atoms with E-state index in [2.05, 4.69) is 18.2 Å². The number of benzene rings is 2. The minimum absolute atomic E-state index is 0.137. The average Bonchev–Trinajstić information content (AvgIpc) is 3.19. The van der Waals surface area contributed by atoms with Gasteiger partial charge < -0.3 is 14.4 Å². The minimum Gasteiger partial charge on any atom is -0.454 e. The molecule has 1 amide bonds. The molecule has 0 N–H and O–H groups in total. The third-order valence-corrected chi connectivity index (χ3v) is 6.05. The van der Waals surface area contributed by atoms with Crippen LogP contribution in [0.25, 0.3) is 10.9 Å². The molecule has 0 atom stereocenters. The van der Waals surface area contributed by atoms with E-state index in [9.17, 15) is 4.79 Å². The fourth-order valence-electron chi connectivity index (χ4n) is 3.46. The van der Waals surface area contributed by atoms with Crippen LogP contribution in [0.3, 0.4) is 0 Å². The summed E-state index contributed by atoms with van der Waals surface area (Å²) in [6.45, 7) is 5.69. The highest BCUT2D eigenvalue weighted by Crippen LogP contribution is 2.37. The van der Waals surface area contributed by atoms with Gasteiger partial charge >= 0.3 is 0 Å². The number of ether oxygens (including phenoxy) is 2. The quantitative estimate of drug-likeness (QED) is 0.538. The van der Waals surface area contributed by atoms with E-state index in [0.717, 1.165) is 52.5 Å². The third-order valence-electron chi connectivity index (χ3n) is 5.03. The van der Waals surface area contributed by atoms with Crippen molar-refractivity contribution in [2.45, 2.75) is 25.3 Å². The van der Waals surface area contributed by atoms with E-state index in [0.29, 0.717) is 5.75 Å². The van der Waals surface area contributed by atoms with Crippen LogP contribution in [0.4, 0.5) is 0 Å². The van der Waals surface area contributed by atoms with Gasteiger partial charge in [0.15, 0.2) is 11.5 Å². The lowest BCUT2D eigenvalue weighted by molar-refractivity contribution is -0.127.